The van der Waals surface area contributed by atoms with E-state index in [2.05, 4.69) is 26.0 Å². The van der Waals surface area contributed by atoms with E-state index in [0.29, 0.717) is 5.92 Å². The molecule has 0 amide bonds. The van der Waals surface area contributed by atoms with Crippen molar-refractivity contribution in [2.45, 2.75) is 64.7 Å². The van der Waals surface area contributed by atoms with Gasteiger partial charge < -0.3 is 0 Å². The average Bonchev–Trinajstić information content (AvgIpc) is 2.35. The van der Waals surface area contributed by atoms with Crippen molar-refractivity contribution >= 4 is 0 Å². The van der Waals surface area contributed by atoms with Gasteiger partial charge in [0.05, 0.1) is 0 Å². The molecule has 16 heavy (non-hydrogen) atoms. The minimum absolute atomic E-state index is 0.632. The van der Waals surface area contributed by atoms with Gasteiger partial charge in [0.15, 0.2) is 0 Å². The van der Waals surface area contributed by atoms with Crippen molar-refractivity contribution in [1.82, 2.24) is 4.98 Å². The SMILES string of the molecule is CCCC[C@@H](C)c1ccc2c(n1)CCCC2. The molecule has 0 aliphatic heterocycles. The fourth-order valence-electron chi connectivity index (χ4n) is 2.53. The lowest BCUT2D eigenvalue weighted by molar-refractivity contribution is 0.599. The van der Waals surface area contributed by atoms with E-state index in [-0.39, 0.29) is 0 Å². The van der Waals surface area contributed by atoms with Crippen molar-refractivity contribution in [2.24, 2.45) is 0 Å². The Morgan fingerprint density at radius 1 is 1.25 bits per heavy atom. The fourth-order valence-corrected chi connectivity index (χ4v) is 2.53. The summed E-state index contributed by atoms with van der Waals surface area (Å²) in [5.74, 6) is 0.632. The van der Waals surface area contributed by atoms with E-state index in [1.54, 1.807) is 0 Å². The predicted molar refractivity (Wildman–Crippen MR) is 68.8 cm³/mol. The molecule has 1 aromatic rings. The average molecular weight is 217 g/mol. The van der Waals surface area contributed by atoms with Gasteiger partial charge in [-0.05, 0) is 49.7 Å². The van der Waals surface area contributed by atoms with Crippen LogP contribution in [0.3, 0.4) is 0 Å². The summed E-state index contributed by atoms with van der Waals surface area (Å²) in [5.41, 5.74) is 4.19. The number of pyridine rings is 1. The van der Waals surface area contributed by atoms with Crippen LogP contribution in [0, 0.1) is 0 Å². The molecule has 2 rings (SSSR count). The summed E-state index contributed by atoms with van der Waals surface area (Å²) in [6.45, 7) is 4.57. The molecule has 0 spiro atoms. The first-order valence-electron chi connectivity index (χ1n) is 6.80. The third-order valence-electron chi connectivity index (χ3n) is 3.70. The van der Waals surface area contributed by atoms with E-state index in [0.717, 1.165) is 0 Å². The van der Waals surface area contributed by atoms with Crippen LogP contribution in [0.5, 0.6) is 0 Å². The van der Waals surface area contributed by atoms with Gasteiger partial charge in [-0.1, -0.05) is 32.8 Å². The van der Waals surface area contributed by atoms with Gasteiger partial charge in [0.1, 0.15) is 0 Å². The maximum atomic E-state index is 4.87. The highest BCUT2D eigenvalue weighted by Crippen LogP contribution is 2.24. The van der Waals surface area contributed by atoms with Gasteiger partial charge in [0, 0.05) is 11.4 Å². The minimum Gasteiger partial charge on any atom is -0.257 e. The van der Waals surface area contributed by atoms with Crippen LogP contribution >= 0.6 is 0 Å². The Hall–Kier alpha value is -0.850. The summed E-state index contributed by atoms with van der Waals surface area (Å²) in [5, 5.41) is 0. The van der Waals surface area contributed by atoms with Crippen molar-refractivity contribution in [1.29, 1.82) is 0 Å². The molecule has 0 N–H and O–H groups in total. The molecule has 0 radical (unpaired) electrons. The Morgan fingerprint density at radius 2 is 2.06 bits per heavy atom. The summed E-state index contributed by atoms with van der Waals surface area (Å²) in [7, 11) is 0. The number of hydrogen-bond donors (Lipinski definition) is 0. The van der Waals surface area contributed by atoms with Gasteiger partial charge in [-0.2, -0.15) is 0 Å². The van der Waals surface area contributed by atoms with Crippen molar-refractivity contribution in [3.05, 3.63) is 29.1 Å². The zero-order valence-electron chi connectivity index (χ0n) is 10.6. The fraction of sp³-hybridized carbons (Fsp3) is 0.667. The number of aryl methyl sites for hydroxylation is 2. The lowest BCUT2D eigenvalue weighted by Gasteiger charge is -2.18. The van der Waals surface area contributed by atoms with Gasteiger partial charge >= 0.3 is 0 Å². The molecular weight excluding hydrogens is 194 g/mol. The molecule has 1 nitrogen and oxygen atoms in total. The molecule has 1 heterocycles. The topological polar surface area (TPSA) is 12.9 Å². The van der Waals surface area contributed by atoms with Crippen molar-refractivity contribution < 1.29 is 0 Å². The molecule has 1 heteroatoms. The highest BCUT2D eigenvalue weighted by molar-refractivity contribution is 5.26. The van der Waals surface area contributed by atoms with Crippen LogP contribution in [0.1, 0.15) is 68.8 Å². The highest BCUT2D eigenvalue weighted by atomic mass is 14.7. The second-order valence-corrected chi connectivity index (χ2v) is 5.09. The van der Waals surface area contributed by atoms with Crippen LogP contribution in [0.4, 0.5) is 0 Å². The normalized spacial score (nSPS) is 16.9. The number of hydrogen-bond acceptors (Lipinski definition) is 1. The molecule has 0 saturated carbocycles. The van der Waals surface area contributed by atoms with Crippen molar-refractivity contribution in [3.63, 3.8) is 0 Å². The Bertz CT molecular complexity index is 343. The van der Waals surface area contributed by atoms with E-state index >= 15 is 0 Å². The largest absolute Gasteiger partial charge is 0.257 e. The quantitative estimate of drug-likeness (QED) is 0.734. The number of aromatic nitrogens is 1. The van der Waals surface area contributed by atoms with Gasteiger partial charge in [-0.25, -0.2) is 0 Å². The molecule has 1 atom stereocenters. The third-order valence-corrected chi connectivity index (χ3v) is 3.70. The first-order valence-corrected chi connectivity index (χ1v) is 6.80. The van der Waals surface area contributed by atoms with Gasteiger partial charge in [-0.3, -0.25) is 4.98 Å². The van der Waals surface area contributed by atoms with Crippen LogP contribution in [-0.2, 0) is 12.8 Å². The summed E-state index contributed by atoms with van der Waals surface area (Å²) in [6, 6.07) is 4.57. The second kappa shape index (κ2) is 5.47. The summed E-state index contributed by atoms with van der Waals surface area (Å²) < 4.78 is 0. The van der Waals surface area contributed by atoms with E-state index in [4.69, 9.17) is 4.98 Å². The Kier molecular flexibility index (Phi) is 3.98. The molecule has 1 aromatic heterocycles. The predicted octanol–water partition coefficient (Wildman–Crippen LogP) is 4.25. The van der Waals surface area contributed by atoms with E-state index < -0.39 is 0 Å². The molecule has 1 aliphatic rings. The zero-order valence-corrected chi connectivity index (χ0v) is 10.6. The van der Waals surface area contributed by atoms with E-state index in [1.807, 2.05) is 0 Å². The molecular formula is C15H23N. The smallest absolute Gasteiger partial charge is 0.0438 e. The summed E-state index contributed by atoms with van der Waals surface area (Å²) in [6.07, 6.45) is 9.00. The van der Waals surface area contributed by atoms with Crippen LogP contribution in [0.15, 0.2) is 12.1 Å². The lowest BCUT2D eigenvalue weighted by atomic mass is 9.93. The monoisotopic (exact) mass is 217 g/mol. The molecule has 0 bridgehead atoms. The zero-order chi connectivity index (χ0) is 11.4. The molecule has 1 aliphatic carbocycles. The molecule has 88 valence electrons. The number of rotatable bonds is 4. The number of fused-ring (bicyclic) bond motifs is 1. The van der Waals surface area contributed by atoms with E-state index in [9.17, 15) is 0 Å². The molecule has 0 aromatic carbocycles. The molecule has 0 saturated heterocycles. The molecule has 0 fully saturated rings. The van der Waals surface area contributed by atoms with E-state index in [1.165, 1.54) is 61.9 Å². The summed E-state index contributed by atoms with van der Waals surface area (Å²) >= 11 is 0. The molecule has 0 unspecified atom stereocenters. The van der Waals surface area contributed by atoms with Crippen LogP contribution in [-0.4, -0.2) is 4.98 Å². The number of nitrogens with zero attached hydrogens (tertiary/aromatic N) is 1. The Balaban J connectivity index is 2.10. The minimum atomic E-state index is 0.632. The van der Waals surface area contributed by atoms with Gasteiger partial charge in [0.25, 0.3) is 0 Å². The number of unbranched alkanes of at least 4 members (excludes halogenated alkanes) is 1. The maximum Gasteiger partial charge on any atom is 0.0438 e. The van der Waals surface area contributed by atoms with Crippen LogP contribution in [0.2, 0.25) is 0 Å². The first-order chi connectivity index (χ1) is 7.81. The van der Waals surface area contributed by atoms with Crippen LogP contribution in [0.25, 0.3) is 0 Å². The second-order valence-electron chi connectivity index (χ2n) is 5.09. The summed E-state index contributed by atoms with van der Waals surface area (Å²) in [4.78, 5) is 4.87. The van der Waals surface area contributed by atoms with Crippen molar-refractivity contribution in [3.8, 4) is 0 Å². The first kappa shape index (κ1) is 11.6. The Morgan fingerprint density at radius 3 is 2.88 bits per heavy atom. The van der Waals surface area contributed by atoms with Crippen molar-refractivity contribution in [2.75, 3.05) is 0 Å². The van der Waals surface area contributed by atoms with Gasteiger partial charge in [0.2, 0.25) is 0 Å². The highest BCUT2D eigenvalue weighted by Gasteiger charge is 2.13. The third kappa shape index (κ3) is 2.63. The lowest BCUT2D eigenvalue weighted by Crippen LogP contribution is -2.08. The standard InChI is InChI=1S/C15H23N/c1-3-4-7-12(2)14-11-10-13-8-5-6-9-15(13)16-14/h10-12H,3-9H2,1-2H3/t12-/m1/s1. The maximum absolute atomic E-state index is 4.87. The van der Waals surface area contributed by atoms with Gasteiger partial charge in [-0.15, -0.1) is 0 Å². The Labute approximate surface area is 99.3 Å². The van der Waals surface area contributed by atoms with Crippen LogP contribution < -0.4 is 0 Å².